The van der Waals surface area contributed by atoms with E-state index in [0.717, 1.165) is 12.2 Å². The van der Waals surface area contributed by atoms with E-state index in [9.17, 15) is 4.79 Å². The van der Waals surface area contributed by atoms with E-state index in [-0.39, 0.29) is 30.7 Å². The Balaban J connectivity index is 2.50. The molecule has 5 heteroatoms. The van der Waals surface area contributed by atoms with E-state index < -0.39 is 0 Å². The van der Waals surface area contributed by atoms with Gasteiger partial charge in [0.25, 0.3) is 0 Å². The van der Waals surface area contributed by atoms with E-state index in [1.165, 1.54) is 0 Å². The van der Waals surface area contributed by atoms with Gasteiger partial charge >= 0.3 is 6.03 Å². The number of nitrogens with one attached hydrogen (secondary N) is 2. The highest BCUT2D eigenvalue weighted by molar-refractivity contribution is 5.89. The fourth-order valence-electron chi connectivity index (χ4n) is 1.61. The van der Waals surface area contributed by atoms with Crippen LogP contribution in [0.4, 0.5) is 10.5 Å². The van der Waals surface area contributed by atoms with Gasteiger partial charge in [-0.15, -0.1) is 0 Å². The second-order valence-corrected chi connectivity index (χ2v) is 5.41. The van der Waals surface area contributed by atoms with Gasteiger partial charge in [-0.2, -0.15) is 0 Å². The van der Waals surface area contributed by atoms with Crippen LogP contribution in [0.1, 0.15) is 34.1 Å². The lowest BCUT2D eigenvalue weighted by molar-refractivity contribution is 0.204. The van der Waals surface area contributed by atoms with E-state index in [0.29, 0.717) is 5.69 Å². The van der Waals surface area contributed by atoms with Crippen molar-refractivity contribution >= 4 is 11.7 Å². The summed E-state index contributed by atoms with van der Waals surface area (Å²) < 4.78 is 5.68. The maximum absolute atomic E-state index is 11.8. The van der Waals surface area contributed by atoms with E-state index in [1.807, 2.05) is 32.9 Å². The third-order valence-electron chi connectivity index (χ3n) is 3.52. The summed E-state index contributed by atoms with van der Waals surface area (Å²) in [4.78, 5) is 11.8. The normalized spacial score (nSPS) is 14.9. The number of amides is 2. The molecule has 0 saturated carbocycles. The second-order valence-electron chi connectivity index (χ2n) is 5.41. The summed E-state index contributed by atoms with van der Waals surface area (Å²) >= 11 is 0. The molecule has 0 unspecified atom stereocenters. The zero-order valence-corrected chi connectivity index (χ0v) is 13.2. The standard InChI is InChI=1S/C16H26N2O3/c1-5-12(3)21-15-8-6-14(7-9-15)18-16(20)17-13(4)11(2)10-19/h6-9,11-13,19H,5,10H2,1-4H3,(H2,17,18,20)/t11-,12+,13+/m1/s1. The third-order valence-corrected chi connectivity index (χ3v) is 3.52. The van der Waals surface area contributed by atoms with Crippen LogP contribution in [-0.2, 0) is 0 Å². The molecular weight excluding hydrogens is 268 g/mol. The van der Waals surface area contributed by atoms with Gasteiger partial charge < -0.3 is 20.5 Å². The number of anilines is 1. The van der Waals surface area contributed by atoms with Crippen molar-refractivity contribution < 1.29 is 14.6 Å². The van der Waals surface area contributed by atoms with Crippen LogP contribution in [0.25, 0.3) is 0 Å². The first-order valence-electron chi connectivity index (χ1n) is 7.41. The number of aliphatic hydroxyl groups excluding tert-OH is 1. The van der Waals surface area contributed by atoms with Crippen LogP contribution in [-0.4, -0.2) is 29.9 Å². The molecule has 0 radical (unpaired) electrons. The number of carbonyl (C=O) groups excluding carboxylic acids is 1. The predicted octanol–water partition coefficient (Wildman–Crippen LogP) is 3.00. The van der Waals surface area contributed by atoms with Crippen molar-refractivity contribution in [3.05, 3.63) is 24.3 Å². The molecule has 0 aliphatic rings. The van der Waals surface area contributed by atoms with Crippen molar-refractivity contribution in [3.8, 4) is 5.75 Å². The maximum atomic E-state index is 11.8. The number of hydrogen-bond donors (Lipinski definition) is 3. The van der Waals surface area contributed by atoms with Crippen molar-refractivity contribution in [2.24, 2.45) is 5.92 Å². The minimum atomic E-state index is -0.279. The SMILES string of the molecule is CC[C@H](C)Oc1ccc(NC(=O)N[C@@H](C)[C@H](C)CO)cc1. The number of carbonyl (C=O) groups is 1. The Bertz CT molecular complexity index is 434. The van der Waals surface area contributed by atoms with Gasteiger partial charge in [0.05, 0.1) is 6.10 Å². The largest absolute Gasteiger partial charge is 0.491 e. The van der Waals surface area contributed by atoms with Crippen LogP contribution < -0.4 is 15.4 Å². The molecule has 5 nitrogen and oxygen atoms in total. The van der Waals surface area contributed by atoms with E-state index in [1.54, 1.807) is 12.1 Å². The summed E-state index contributed by atoms with van der Waals surface area (Å²) in [5.41, 5.74) is 0.702. The molecule has 118 valence electrons. The highest BCUT2D eigenvalue weighted by Gasteiger charge is 2.13. The molecule has 0 spiro atoms. The van der Waals surface area contributed by atoms with Crippen LogP contribution in [0, 0.1) is 5.92 Å². The van der Waals surface area contributed by atoms with Gasteiger partial charge in [-0.25, -0.2) is 4.79 Å². The Hall–Kier alpha value is -1.75. The summed E-state index contributed by atoms with van der Waals surface area (Å²) in [6.45, 7) is 7.88. The van der Waals surface area contributed by atoms with Crippen molar-refractivity contribution in [3.63, 3.8) is 0 Å². The Kier molecular flexibility index (Phi) is 7.02. The first kappa shape index (κ1) is 17.3. The average Bonchev–Trinajstić information content (AvgIpc) is 2.48. The fourth-order valence-corrected chi connectivity index (χ4v) is 1.61. The van der Waals surface area contributed by atoms with Crippen LogP contribution in [0.5, 0.6) is 5.75 Å². The number of rotatable bonds is 7. The van der Waals surface area contributed by atoms with E-state index in [2.05, 4.69) is 17.6 Å². The van der Waals surface area contributed by atoms with Crippen molar-refractivity contribution in [2.45, 2.75) is 46.3 Å². The van der Waals surface area contributed by atoms with Gasteiger partial charge in [-0.05, 0) is 50.5 Å². The highest BCUT2D eigenvalue weighted by atomic mass is 16.5. The minimum Gasteiger partial charge on any atom is -0.491 e. The summed E-state index contributed by atoms with van der Waals surface area (Å²) in [5, 5.41) is 14.6. The van der Waals surface area contributed by atoms with Crippen molar-refractivity contribution in [1.29, 1.82) is 0 Å². The van der Waals surface area contributed by atoms with E-state index in [4.69, 9.17) is 9.84 Å². The molecule has 3 atom stereocenters. The van der Waals surface area contributed by atoms with Crippen LogP contribution in [0.15, 0.2) is 24.3 Å². The Labute approximate surface area is 126 Å². The van der Waals surface area contributed by atoms with Gasteiger partial charge in [0.1, 0.15) is 5.75 Å². The molecule has 0 aliphatic carbocycles. The molecular formula is C16H26N2O3. The number of hydrogen-bond acceptors (Lipinski definition) is 3. The number of ether oxygens (including phenoxy) is 1. The second kappa shape index (κ2) is 8.52. The topological polar surface area (TPSA) is 70.6 Å². The van der Waals surface area contributed by atoms with Crippen LogP contribution >= 0.6 is 0 Å². The minimum absolute atomic E-state index is 0.0158. The molecule has 0 saturated heterocycles. The molecule has 0 aliphatic heterocycles. The van der Waals surface area contributed by atoms with Gasteiger partial charge in [0.15, 0.2) is 0 Å². The molecule has 1 aromatic carbocycles. The Morgan fingerprint density at radius 3 is 2.38 bits per heavy atom. The molecule has 21 heavy (non-hydrogen) atoms. The quantitative estimate of drug-likeness (QED) is 0.724. The zero-order chi connectivity index (χ0) is 15.8. The van der Waals surface area contributed by atoms with Gasteiger partial charge in [-0.1, -0.05) is 13.8 Å². The van der Waals surface area contributed by atoms with Crippen LogP contribution in [0.3, 0.4) is 0 Å². The summed E-state index contributed by atoms with van der Waals surface area (Å²) in [6.07, 6.45) is 1.12. The molecule has 0 aromatic heterocycles. The Morgan fingerprint density at radius 2 is 1.86 bits per heavy atom. The first-order valence-corrected chi connectivity index (χ1v) is 7.41. The number of aliphatic hydroxyl groups is 1. The smallest absolute Gasteiger partial charge is 0.319 e. The molecule has 0 fully saturated rings. The monoisotopic (exact) mass is 294 g/mol. The predicted molar refractivity (Wildman–Crippen MR) is 84.7 cm³/mol. The molecule has 2 amide bonds. The van der Waals surface area contributed by atoms with Crippen molar-refractivity contribution in [2.75, 3.05) is 11.9 Å². The average molecular weight is 294 g/mol. The zero-order valence-electron chi connectivity index (χ0n) is 13.2. The lowest BCUT2D eigenvalue weighted by Gasteiger charge is -2.19. The van der Waals surface area contributed by atoms with E-state index >= 15 is 0 Å². The summed E-state index contributed by atoms with van der Waals surface area (Å²) in [5.74, 6) is 0.805. The van der Waals surface area contributed by atoms with Crippen LogP contribution in [0.2, 0.25) is 0 Å². The Morgan fingerprint density at radius 1 is 1.24 bits per heavy atom. The lowest BCUT2D eigenvalue weighted by Crippen LogP contribution is -2.40. The highest BCUT2D eigenvalue weighted by Crippen LogP contribution is 2.17. The lowest BCUT2D eigenvalue weighted by atomic mass is 10.1. The molecule has 0 bridgehead atoms. The number of benzene rings is 1. The third kappa shape index (κ3) is 6.04. The summed E-state index contributed by atoms with van der Waals surface area (Å²) in [6, 6.07) is 6.90. The fraction of sp³-hybridized carbons (Fsp3) is 0.562. The van der Waals surface area contributed by atoms with Crippen molar-refractivity contribution in [1.82, 2.24) is 5.32 Å². The first-order chi connectivity index (χ1) is 9.96. The molecule has 1 aromatic rings. The van der Waals surface area contributed by atoms with Gasteiger partial charge in [-0.3, -0.25) is 0 Å². The molecule has 3 N–H and O–H groups in total. The van der Waals surface area contributed by atoms with Gasteiger partial charge in [0.2, 0.25) is 0 Å². The maximum Gasteiger partial charge on any atom is 0.319 e. The van der Waals surface area contributed by atoms with Gasteiger partial charge in [0, 0.05) is 18.3 Å². The number of urea groups is 1. The molecule has 0 heterocycles. The molecule has 1 rings (SSSR count). The summed E-state index contributed by atoms with van der Waals surface area (Å²) in [7, 11) is 0.